The molecule has 0 atom stereocenters. The first-order valence-electron chi connectivity index (χ1n) is 3.28. The average Bonchev–Trinajstić information content (AvgIpc) is 1.90. The third-order valence-electron chi connectivity index (χ3n) is 1.19. The first kappa shape index (κ1) is 8.84. The first-order chi connectivity index (χ1) is 4.85. The predicted molar refractivity (Wildman–Crippen MR) is 45.4 cm³/mol. The van der Waals surface area contributed by atoms with Gasteiger partial charge in [-0.2, -0.15) is 0 Å². The molecule has 0 unspecified atom stereocenters. The van der Waals surface area contributed by atoms with E-state index in [2.05, 4.69) is 24.5 Å². The number of hydrogen-bond donors (Lipinski definition) is 1. The van der Waals surface area contributed by atoms with Crippen molar-refractivity contribution >= 4 is 0 Å². The van der Waals surface area contributed by atoms with Gasteiger partial charge in [-0.3, -0.25) is 0 Å². The standard InChI is InChI=1S/C9H13N/c1-4-7-9(8-5-2)10-6-3/h3-5,9-10H,1-2,7-8H2. The summed E-state index contributed by atoms with van der Waals surface area (Å²) in [5.74, 6) is 0. The molecule has 0 aromatic heterocycles. The number of terminal acetylenes is 1. The zero-order chi connectivity index (χ0) is 7.82. The fourth-order valence-electron chi connectivity index (χ4n) is 0.734. The van der Waals surface area contributed by atoms with E-state index in [1.165, 1.54) is 0 Å². The Balaban J connectivity index is 3.61. The van der Waals surface area contributed by atoms with Crippen LogP contribution in [0.5, 0.6) is 0 Å². The van der Waals surface area contributed by atoms with Gasteiger partial charge in [-0.25, -0.2) is 0 Å². The molecule has 0 rings (SSSR count). The maximum Gasteiger partial charge on any atom is 0.0409 e. The highest BCUT2D eigenvalue weighted by Gasteiger charge is 1.99. The third kappa shape index (κ3) is 3.80. The molecule has 0 fully saturated rings. The monoisotopic (exact) mass is 135 g/mol. The summed E-state index contributed by atoms with van der Waals surface area (Å²) in [5, 5.41) is 2.87. The summed E-state index contributed by atoms with van der Waals surface area (Å²) in [6, 6.07) is 2.70. The molecule has 0 aliphatic heterocycles. The molecule has 0 spiro atoms. The molecule has 0 saturated carbocycles. The molecular formula is C9H13N. The van der Waals surface area contributed by atoms with Crippen LogP contribution < -0.4 is 5.32 Å². The molecule has 54 valence electrons. The van der Waals surface area contributed by atoms with Crippen LogP contribution in [0.1, 0.15) is 12.8 Å². The van der Waals surface area contributed by atoms with E-state index >= 15 is 0 Å². The SMILES string of the molecule is C#CNC(CC=C)CC=C. The lowest BCUT2D eigenvalue weighted by Crippen LogP contribution is -2.22. The summed E-state index contributed by atoms with van der Waals surface area (Å²) in [4.78, 5) is 0. The molecule has 0 saturated heterocycles. The molecule has 0 aliphatic carbocycles. The Morgan fingerprint density at radius 1 is 1.40 bits per heavy atom. The molecule has 1 N–H and O–H groups in total. The summed E-state index contributed by atoms with van der Waals surface area (Å²) in [5.41, 5.74) is 0. The molecule has 1 nitrogen and oxygen atoms in total. The van der Waals surface area contributed by atoms with Crippen LogP contribution in [-0.4, -0.2) is 6.04 Å². The molecule has 0 aliphatic rings. The van der Waals surface area contributed by atoms with Crippen molar-refractivity contribution in [3.05, 3.63) is 25.3 Å². The highest BCUT2D eigenvalue weighted by atomic mass is 14.9. The fraction of sp³-hybridized carbons (Fsp3) is 0.333. The van der Waals surface area contributed by atoms with Crippen LogP contribution in [0.15, 0.2) is 25.3 Å². The van der Waals surface area contributed by atoms with Gasteiger partial charge in [0.25, 0.3) is 0 Å². The van der Waals surface area contributed by atoms with E-state index in [1.54, 1.807) is 0 Å². The lowest BCUT2D eigenvalue weighted by molar-refractivity contribution is 0.615. The van der Waals surface area contributed by atoms with E-state index in [1.807, 2.05) is 12.2 Å². The second kappa shape index (κ2) is 5.97. The van der Waals surface area contributed by atoms with Crippen LogP contribution in [0.2, 0.25) is 0 Å². The quantitative estimate of drug-likeness (QED) is 0.343. The van der Waals surface area contributed by atoms with Gasteiger partial charge < -0.3 is 5.32 Å². The van der Waals surface area contributed by atoms with Gasteiger partial charge >= 0.3 is 0 Å². The van der Waals surface area contributed by atoms with E-state index < -0.39 is 0 Å². The van der Waals surface area contributed by atoms with Crippen LogP contribution in [0.4, 0.5) is 0 Å². The third-order valence-corrected chi connectivity index (χ3v) is 1.19. The van der Waals surface area contributed by atoms with Crippen LogP contribution in [0.25, 0.3) is 0 Å². The van der Waals surface area contributed by atoms with Crippen LogP contribution >= 0.6 is 0 Å². The van der Waals surface area contributed by atoms with Crippen molar-refractivity contribution < 1.29 is 0 Å². The summed E-state index contributed by atoms with van der Waals surface area (Å²) < 4.78 is 0. The van der Waals surface area contributed by atoms with Gasteiger partial charge in [0.15, 0.2) is 0 Å². The van der Waals surface area contributed by atoms with Gasteiger partial charge in [0, 0.05) is 12.1 Å². The Morgan fingerprint density at radius 3 is 2.20 bits per heavy atom. The minimum atomic E-state index is 0.306. The second-order valence-electron chi connectivity index (χ2n) is 2.03. The number of hydrogen-bond acceptors (Lipinski definition) is 1. The second-order valence-corrected chi connectivity index (χ2v) is 2.03. The van der Waals surface area contributed by atoms with Crippen molar-refractivity contribution in [3.8, 4) is 12.5 Å². The van der Waals surface area contributed by atoms with Gasteiger partial charge in [0.05, 0.1) is 0 Å². The van der Waals surface area contributed by atoms with E-state index in [0.717, 1.165) is 12.8 Å². The van der Waals surface area contributed by atoms with Crippen LogP contribution in [-0.2, 0) is 0 Å². The first-order valence-corrected chi connectivity index (χ1v) is 3.28. The molecule has 0 heterocycles. The summed E-state index contributed by atoms with van der Waals surface area (Å²) in [6.07, 6.45) is 10.5. The molecule has 0 amide bonds. The Bertz CT molecular complexity index is 131. The van der Waals surface area contributed by atoms with Crippen molar-refractivity contribution in [1.82, 2.24) is 5.32 Å². The topological polar surface area (TPSA) is 12.0 Å². The highest BCUT2D eigenvalue weighted by molar-refractivity contribution is 4.91. The highest BCUT2D eigenvalue weighted by Crippen LogP contribution is 1.97. The fourth-order valence-corrected chi connectivity index (χ4v) is 0.734. The Kier molecular flexibility index (Phi) is 5.28. The molecule has 1 heteroatoms. The van der Waals surface area contributed by atoms with Crippen molar-refractivity contribution in [1.29, 1.82) is 0 Å². The Morgan fingerprint density at radius 2 is 1.90 bits per heavy atom. The Labute approximate surface area is 62.8 Å². The zero-order valence-corrected chi connectivity index (χ0v) is 6.14. The van der Waals surface area contributed by atoms with Crippen molar-refractivity contribution in [2.24, 2.45) is 0 Å². The van der Waals surface area contributed by atoms with Gasteiger partial charge in [-0.15, -0.1) is 13.2 Å². The van der Waals surface area contributed by atoms with E-state index in [-0.39, 0.29) is 0 Å². The summed E-state index contributed by atoms with van der Waals surface area (Å²) in [7, 11) is 0. The van der Waals surface area contributed by atoms with E-state index in [0.29, 0.717) is 6.04 Å². The molecule has 10 heavy (non-hydrogen) atoms. The minimum absolute atomic E-state index is 0.306. The molecule has 0 radical (unpaired) electrons. The van der Waals surface area contributed by atoms with Crippen LogP contribution in [0.3, 0.4) is 0 Å². The normalized spacial score (nSPS) is 8.40. The van der Waals surface area contributed by atoms with Crippen molar-refractivity contribution in [2.45, 2.75) is 18.9 Å². The molecular weight excluding hydrogens is 122 g/mol. The lowest BCUT2D eigenvalue weighted by Gasteiger charge is -2.09. The molecule has 0 aromatic carbocycles. The van der Waals surface area contributed by atoms with E-state index in [4.69, 9.17) is 6.42 Å². The van der Waals surface area contributed by atoms with Gasteiger partial charge in [0.1, 0.15) is 0 Å². The molecule has 0 aromatic rings. The zero-order valence-electron chi connectivity index (χ0n) is 6.14. The Hall–Kier alpha value is -1.16. The van der Waals surface area contributed by atoms with Crippen molar-refractivity contribution in [2.75, 3.05) is 0 Å². The van der Waals surface area contributed by atoms with Gasteiger partial charge in [-0.05, 0) is 12.8 Å². The largest absolute Gasteiger partial charge is 0.342 e. The molecule has 0 bridgehead atoms. The van der Waals surface area contributed by atoms with Crippen molar-refractivity contribution in [3.63, 3.8) is 0 Å². The van der Waals surface area contributed by atoms with Crippen LogP contribution in [0, 0.1) is 12.5 Å². The number of rotatable bonds is 5. The smallest absolute Gasteiger partial charge is 0.0409 e. The predicted octanol–water partition coefficient (Wildman–Crippen LogP) is 1.69. The number of nitrogens with one attached hydrogen (secondary N) is 1. The summed E-state index contributed by atoms with van der Waals surface area (Å²) in [6.45, 7) is 7.24. The average molecular weight is 135 g/mol. The van der Waals surface area contributed by atoms with Gasteiger partial charge in [-0.1, -0.05) is 18.6 Å². The minimum Gasteiger partial charge on any atom is -0.342 e. The van der Waals surface area contributed by atoms with E-state index in [9.17, 15) is 0 Å². The lowest BCUT2D eigenvalue weighted by atomic mass is 10.1. The summed E-state index contributed by atoms with van der Waals surface area (Å²) >= 11 is 0. The van der Waals surface area contributed by atoms with Gasteiger partial charge in [0.2, 0.25) is 0 Å². The maximum atomic E-state index is 5.06. The maximum absolute atomic E-state index is 5.06.